The van der Waals surface area contributed by atoms with Crippen molar-refractivity contribution in [3.8, 4) is 11.5 Å². The maximum atomic E-state index is 12.0. The highest BCUT2D eigenvalue weighted by atomic mass is 32.2. The van der Waals surface area contributed by atoms with E-state index in [9.17, 15) is 15.0 Å². The van der Waals surface area contributed by atoms with Gasteiger partial charge in [0.15, 0.2) is 5.17 Å². The van der Waals surface area contributed by atoms with Gasteiger partial charge >= 0.3 is 0 Å². The van der Waals surface area contributed by atoms with Crippen molar-refractivity contribution < 1.29 is 15.0 Å². The summed E-state index contributed by atoms with van der Waals surface area (Å²) in [6, 6.07) is 11.9. The molecule has 0 aliphatic carbocycles. The Morgan fingerprint density at radius 2 is 1.83 bits per heavy atom. The lowest BCUT2D eigenvalue weighted by Gasteiger charge is -2.03. The first-order valence-corrected chi connectivity index (χ1v) is 7.72. The molecule has 6 heteroatoms. The second-order valence-electron chi connectivity index (χ2n) is 4.98. The van der Waals surface area contributed by atoms with Crippen molar-refractivity contribution >= 4 is 34.6 Å². The van der Waals surface area contributed by atoms with Gasteiger partial charge in [-0.3, -0.25) is 4.79 Å². The summed E-state index contributed by atoms with van der Waals surface area (Å²) in [6.45, 7) is 1.83. The smallest absolute Gasteiger partial charge is 0.264 e. The van der Waals surface area contributed by atoms with Crippen LogP contribution in [0.15, 0.2) is 52.4 Å². The van der Waals surface area contributed by atoms with E-state index in [2.05, 4.69) is 10.3 Å². The van der Waals surface area contributed by atoms with Gasteiger partial charge in [0.1, 0.15) is 17.2 Å². The summed E-state index contributed by atoms with van der Waals surface area (Å²) in [5.41, 5.74) is 1.80. The number of carbonyl (C=O) groups is 1. The largest absolute Gasteiger partial charge is 0.507 e. The highest BCUT2D eigenvalue weighted by Gasteiger charge is 2.24. The van der Waals surface area contributed by atoms with Crippen LogP contribution in [0, 0.1) is 6.92 Å². The number of aliphatic imine (C=N–C) groups is 1. The zero-order valence-corrected chi connectivity index (χ0v) is 13.1. The second kappa shape index (κ2) is 6.18. The van der Waals surface area contributed by atoms with Gasteiger partial charge in [-0.05, 0) is 42.5 Å². The van der Waals surface area contributed by atoms with Gasteiger partial charge in [-0.2, -0.15) is 0 Å². The first-order chi connectivity index (χ1) is 11.0. The van der Waals surface area contributed by atoms with Crippen LogP contribution in [0.4, 0.5) is 5.69 Å². The van der Waals surface area contributed by atoms with E-state index in [1.54, 1.807) is 42.5 Å². The van der Waals surface area contributed by atoms with Crippen LogP contribution in [0.25, 0.3) is 6.08 Å². The maximum absolute atomic E-state index is 12.0. The zero-order valence-electron chi connectivity index (χ0n) is 12.3. The van der Waals surface area contributed by atoms with E-state index in [0.29, 0.717) is 21.3 Å². The topological polar surface area (TPSA) is 81.9 Å². The fourth-order valence-corrected chi connectivity index (χ4v) is 2.94. The molecule has 1 saturated heterocycles. The molecule has 1 aliphatic heterocycles. The number of para-hydroxylation sites is 2. The quantitative estimate of drug-likeness (QED) is 0.740. The predicted molar refractivity (Wildman–Crippen MR) is 91.8 cm³/mol. The molecule has 1 amide bonds. The third kappa shape index (κ3) is 3.22. The number of phenolic OH excluding ortho intramolecular Hbond substituents is 2. The Bertz CT molecular complexity index is 823. The number of thioether (sulfide) groups is 1. The Morgan fingerprint density at radius 1 is 1.09 bits per heavy atom. The number of hydrogen-bond acceptors (Lipinski definition) is 5. The number of nitrogens with zero attached hydrogens (tertiary/aromatic N) is 1. The highest BCUT2D eigenvalue weighted by molar-refractivity contribution is 8.18. The minimum absolute atomic E-state index is 0.0606. The Kier molecular flexibility index (Phi) is 4.08. The molecule has 0 atom stereocenters. The molecule has 0 aromatic heterocycles. The van der Waals surface area contributed by atoms with Gasteiger partial charge in [-0.25, -0.2) is 4.99 Å². The molecular formula is C17H14N2O3S. The summed E-state index contributed by atoms with van der Waals surface area (Å²) < 4.78 is 0. The molecule has 0 radical (unpaired) electrons. The van der Waals surface area contributed by atoms with Gasteiger partial charge in [0, 0.05) is 5.56 Å². The van der Waals surface area contributed by atoms with Crippen LogP contribution in [0.5, 0.6) is 11.5 Å². The fraction of sp³-hybridized carbons (Fsp3) is 0.0588. The van der Waals surface area contributed by atoms with E-state index < -0.39 is 0 Å². The number of aryl methyl sites for hydroxylation is 1. The Labute approximate surface area is 137 Å². The molecule has 0 bridgehead atoms. The first-order valence-electron chi connectivity index (χ1n) is 6.91. The molecule has 116 valence electrons. The number of amides is 1. The van der Waals surface area contributed by atoms with E-state index in [-0.39, 0.29) is 17.4 Å². The monoisotopic (exact) mass is 326 g/mol. The fourth-order valence-electron chi connectivity index (χ4n) is 2.12. The van der Waals surface area contributed by atoms with Crippen LogP contribution in [0.2, 0.25) is 0 Å². The van der Waals surface area contributed by atoms with Gasteiger partial charge in [0.2, 0.25) is 0 Å². The normalized spacial score (nSPS) is 17.7. The lowest BCUT2D eigenvalue weighted by atomic mass is 10.2. The molecular weight excluding hydrogens is 312 g/mol. The summed E-state index contributed by atoms with van der Waals surface area (Å²) >= 11 is 1.16. The molecule has 3 rings (SSSR count). The van der Waals surface area contributed by atoms with Gasteiger partial charge in [-0.15, -0.1) is 0 Å². The number of hydrogen-bond donors (Lipinski definition) is 3. The number of amidine groups is 1. The van der Waals surface area contributed by atoms with E-state index in [0.717, 1.165) is 17.3 Å². The van der Waals surface area contributed by atoms with Crippen molar-refractivity contribution in [2.45, 2.75) is 6.92 Å². The van der Waals surface area contributed by atoms with Gasteiger partial charge in [0.25, 0.3) is 5.91 Å². The van der Waals surface area contributed by atoms with Gasteiger partial charge in [0.05, 0.1) is 4.91 Å². The molecule has 0 saturated carbocycles. The molecule has 1 fully saturated rings. The average Bonchev–Trinajstić information content (AvgIpc) is 2.85. The molecule has 1 heterocycles. The molecule has 0 spiro atoms. The molecule has 3 N–H and O–H groups in total. The molecule has 0 unspecified atom stereocenters. The summed E-state index contributed by atoms with van der Waals surface area (Å²) in [6.07, 6.45) is 1.61. The van der Waals surface area contributed by atoms with Crippen LogP contribution in [-0.4, -0.2) is 21.3 Å². The van der Waals surface area contributed by atoms with Crippen molar-refractivity contribution in [3.05, 3.63) is 58.5 Å². The van der Waals surface area contributed by atoms with Crippen LogP contribution < -0.4 is 5.32 Å². The minimum atomic E-state index is -0.287. The van der Waals surface area contributed by atoms with Gasteiger partial charge < -0.3 is 15.5 Å². The SMILES string of the molecule is Cc1cccc(O)c1N=C1NC(=O)/C(=C/c2ccccc2O)S1. The molecule has 1 aliphatic rings. The van der Waals surface area contributed by atoms with Crippen LogP contribution >= 0.6 is 11.8 Å². The highest BCUT2D eigenvalue weighted by Crippen LogP contribution is 2.34. The zero-order chi connectivity index (χ0) is 16.4. The summed E-state index contributed by atoms with van der Waals surface area (Å²) in [4.78, 5) is 16.8. The number of benzene rings is 2. The standard InChI is InChI=1S/C17H14N2O3S/c1-10-5-4-8-13(21)15(10)18-17-19-16(22)14(23-17)9-11-6-2-3-7-12(11)20/h2-9,20-21H,1H3,(H,18,19,22)/b14-9-. The van der Waals surface area contributed by atoms with Crippen molar-refractivity contribution in [1.29, 1.82) is 0 Å². The molecule has 23 heavy (non-hydrogen) atoms. The van der Waals surface area contributed by atoms with Crippen molar-refractivity contribution in [2.24, 2.45) is 4.99 Å². The van der Waals surface area contributed by atoms with Crippen molar-refractivity contribution in [1.82, 2.24) is 5.32 Å². The molecule has 2 aromatic carbocycles. The summed E-state index contributed by atoms with van der Waals surface area (Å²) in [7, 11) is 0. The number of aromatic hydroxyl groups is 2. The minimum Gasteiger partial charge on any atom is -0.507 e. The average molecular weight is 326 g/mol. The predicted octanol–water partition coefficient (Wildman–Crippen LogP) is 3.30. The first kappa shape index (κ1) is 15.2. The van der Waals surface area contributed by atoms with Crippen LogP contribution in [0.1, 0.15) is 11.1 Å². The number of nitrogens with one attached hydrogen (secondary N) is 1. The van der Waals surface area contributed by atoms with E-state index in [1.165, 1.54) is 0 Å². The lowest BCUT2D eigenvalue weighted by Crippen LogP contribution is -2.19. The van der Waals surface area contributed by atoms with E-state index in [1.807, 2.05) is 13.0 Å². The Morgan fingerprint density at radius 3 is 2.57 bits per heavy atom. The van der Waals surface area contributed by atoms with Crippen LogP contribution in [0.3, 0.4) is 0 Å². The Balaban J connectivity index is 1.91. The van der Waals surface area contributed by atoms with E-state index in [4.69, 9.17) is 0 Å². The summed E-state index contributed by atoms with van der Waals surface area (Å²) in [5.74, 6) is -0.120. The van der Waals surface area contributed by atoms with Gasteiger partial charge in [-0.1, -0.05) is 30.3 Å². The van der Waals surface area contributed by atoms with Crippen LogP contribution in [-0.2, 0) is 4.79 Å². The maximum Gasteiger partial charge on any atom is 0.264 e. The van der Waals surface area contributed by atoms with Crippen molar-refractivity contribution in [3.63, 3.8) is 0 Å². The third-order valence-electron chi connectivity index (χ3n) is 3.30. The lowest BCUT2D eigenvalue weighted by molar-refractivity contribution is -0.115. The number of phenols is 2. The van der Waals surface area contributed by atoms with Crippen molar-refractivity contribution in [2.75, 3.05) is 0 Å². The third-order valence-corrected chi connectivity index (χ3v) is 4.21. The molecule has 5 nitrogen and oxygen atoms in total. The Hall–Kier alpha value is -2.73. The number of rotatable bonds is 2. The number of carbonyl (C=O) groups excluding carboxylic acids is 1. The molecule has 2 aromatic rings. The summed E-state index contributed by atoms with van der Waals surface area (Å²) in [5, 5.41) is 22.7. The van der Waals surface area contributed by atoms with E-state index >= 15 is 0 Å². The second-order valence-corrected chi connectivity index (χ2v) is 6.01.